The summed E-state index contributed by atoms with van der Waals surface area (Å²) in [6.45, 7) is 0. The van der Waals surface area contributed by atoms with Crippen LogP contribution in [0.5, 0.6) is 5.75 Å². The Morgan fingerprint density at radius 3 is 2.33 bits per heavy atom. The number of methoxy groups -OCH3 is 1. The van der Waals surface area contributed by atoms with Crippen LogP contribution < -0.4 is 10.5 Å². The molecule has 0 radical (unpaired) electrons. The highest BCUT2D eigenvalue weighted by Gasteiger charge is 1.96. The summed E-state index contributed by atoms with van der Waals surface area (Å²) in [5.74, 6) is 1.36. The Hall–Kier alpha value is -1.51. The van der Waals surface area contributed by atoms with Crippen LogP contribution in [0.4, 0.5) is 0 Å². The summed E-state index contributed by atoms with van der Waals surface area (Å²) < 4.78 is 5.00. The fourth-order valence-electron chi connectivity index (χ4n) is 0.891. The third kappa shape index (κ3) is 1.75. The number of ether oxygens (including phenoxy) is 1. The molecule has 2 N–H and O–H groups in total. The molecule has 0 amide bonds. The van der Waals surface area contributed by atoms with Crippen molar-refractivity contribution in [1.29, 1.82) is 0 Å². The van der Waals surface area contributed by atoms with E-state index in [9.17, 15) is 0 Å². The van der Waals surface area contributed by atoms with Crippen molar-refractivity contribution in [3.8, 4) is 5.75 Å². The lowest BCUT2D eigenvalue weighted by molar-refractivity contribution is 0.415. The molecule has 0 heterocycles. The van der Waals surface area contributed by atoms with E-state index in [-0.39, 0.29) is 0 Å². The van der Waals surface area contributed by atoms with Crippen molar-refractivity contribution < 1.29 is 4.74 Å². The van der Waals surface area contributed by atoms with Gasteiger partial charge >= 0.3 is 0 Å². The normalized spacial score (nSPS) is 11.3. The summed E-state index contributed by atoms with van der Waals surface area (Å²) >= 11 is 0. The van der Waals surface area contributed by atoms with Gasteiger partial charge in [0.15, 0.2) is 0 Å². The molecule has 1 rings (SSSR count). The summed E-state index contributed by atoms with van der Waals surface area (Å²) in [5.41, 5.74) is 6.51. The number of hydrogen-bond acceptors (Lipinski definition) is 2. The molecule has 0 bridgehead atoms. The smallest absolute Gasteiger partial charge is 0.125 e. The second kappa shape index (κ2) is 3.76. The molecule has 12 heavy (non-hydrogen) atoms. The minimum atomic E-state index is 0.539. The molecule has 0 aliphatic carbocycles. The second-order valence-corrected chi connectivity index (χ2v) is 2.34. The highest BCUT2D eigenvalue weighted by molar-refractivity contribution is 5.97. The van der Waals surface area contributed by atoms with Crippen LogP contribution in [0.2, 0.25) is 0 Å². The molecule has 64 valence electrons. The van der Waals surface area contributed by atoms with Crippen LogP contribution in [-0.2, 0) is 0 Å². The van der Waals surface area contributed by atoms with Gasteiger partial charge in [-0.05, 0) is 24.3 Å². The molecular weight excluding hydrogens is 152 g/mol. The number of benzene rings is 1. The van der Waals surface area contributed by atoms with E-state index in [0.29, 0.717) is 5.84 Å². The van der Waals surface area contributed by atoms with Crippen molar-refractivity contribution in [2.45, 2.75) is 0 Å². The van der Waals surface area contributed by atoms with Crippen LogP contribution in [0.1, 0.15) is 5.56 Å². The first-order valence-electron chi connectivity index (χ1n) is 3.64. The maximum Gasteiger partial charge on any atom is 0.125 e. The molecule has 0 aromatic heterocycles. The van der Waals surface area contributed by atoms with Gasteiger partial charge in [0.25, 0.3) is 0 Å². The summed E-state index contributed by atoms with van der Waals surface area (Å²) in [6.07, 6.45) is 0. The average Bonchev–Trinajstić information content (AvgIpc) is 2.17. The molecule has 0 fully saturated rings. The SMILES string of the molecule is CN=C(N)c1ccc(OC)cc1. The average molecular weight is 164 g/mol. The molecule has 1 aromatic rings. The molecule has 0 saturated heterocycles. The maximum absolute atomic E-state index is 5.59. The van der Waals surface area contributed by atoms with Gasteiger partial charge in [-0.25, -0.2) is 0 Å². The van der Waals surface area contributed by atoms with Gasteiger partial charge in [0.2, 0.25) is 0 Å². The van der Waals surface area contributed by atoms with Crippen LogP contribution >= 0.6 is 0 Å². The molecule has 1 aromatic carbocycles. The van der Waals surface area contributed by atoms with Gasteiger partial charge in [-0.2, -0.15) is 0 Å². The number of nitrogens with two attached hydrogens (primary N) is 1. The number of rotatable bonds is 2. The van der Waals surface area contributed by atoms with E-state index in [4.69, 9.17) is 10.5 Å². The quantitative estimate of drug-likeness (QED) is 0.524. The first kappa shape index (κ1) is 8.59. The molecular formula is C9H12N2O. The van der Waals surface area contributed by atoms with Crippen molar-refractivity contribution >= 4 is 5.84 Å². The highest BCUT2D eigenvalue weighted by Crippen LogP contribution is 2.10. The van der Waals surface area contributed by atoms with E-state index in [1.807, 2.05) is 24.3 Å². The van der Waals surface area contributed by atoms with Gasteiger partial charge in [0, 0.05) is 12.6 Å². The maximum atomic E-state index is 5.59. The van der Waals surface area contributed by atoms with E-state index < -0.39 is 0 Å². The Kier molecular flexibility index (Phi) is 2.69. The van der Waals surface area contributed by atoms with Crippen molar-refractivity contribution in [1.82, 2.24) is 0 Å². The van der Waals surface area contributed by atoms with Crippen molar-refractivity contribution in [2.75, 3.05) is 14.2 Å². The van der Waals surface area contributed by atoms with Gasteiger partial charge < -0.3 is 10.5 Å². The lowest BCUT2D eigenvalue weighted by Gasteiger charge is -2.01. The fraction of sp³-hybridized carbons (Fsp3) is 0.222. The molecule has 3 heteroatoms. The van der Waals surface area contributed by atoms with Gasteiger partial charge in [0.05, 0.1) is 7.11 Å². The summed E-state index contributed by atoms with van der Waals surface area (Å²) in [7, 11) is 3.30. The molecule has 0 saturated carbocycles. The van der Waals surface area contributed by atoms with Crippen LogP contribution in [0.15, 0.2) is 29.3 Å². The third-order valence-corrected chi connectivity index (χ3v) is 1.63. The number of aliphatic imine (C=N–C) groups is 1. The predicted octanol–water partition coefficient (Wildman–Crippen LogP) is 1.03. The van der Waals surface area contributed by atoms with Crippen molar-refractivity contribution in [3.63, 3.8) is 0 Å². The van der Waals surface area contributed by atoms with E-state index in [2.05, 4.69) is 4.99 Å². The van der Waals surface area contributed by atoms with Gasteiger partial charge in [-0.1, -0.05) is 0 Å². The van der Waals surface area contributed by atoms with Crippen molar-refractivity contribution in [2.24, 2.45) is 10.7 Å². The van der Waals surface area contributed by atoms with E-state index >= 15 is 0 Å². The Morgan fingerprint density at radius 1 is 1.33 bits per heavy atom. The zero-order valence-corrected chi connectivity index (χ0v) is 7.24. The van der Waals surface area contributed by atoms with Crippen LogP contribution in [0.3, 0.4) is 0 Å². The topological polar surface area (TPSA) is 47.6 Å². The van der Waals surface area contributed by atoms with Gasteiger partial charge in [-0.15, -0.1) is 0 Å². The van der Waals surface area contributed by atoms with Gasteiger partial charge in [-0.3, -0.25) is 4.99 Å². The minimum absolute atomic E-state index is 0.539. The number of nitrogens with zero attached hydrogens (tertiary/aromatic N) is 1. The Bertz CT molecular complexity index is 277. The third-order valence-electron chi connectivity index (χ3n) is 1.63. The monoisotopic (exact) mass is 164 g/mol. The zero-order chi connectivity index (χ0) is 8.97. The minimum Gasteiger partial charge on any atom is -0.497 e. The molecule has 0 unspecified atom stereocenters. The largest absolute Gasteiger partial charge is 0.497 e. The van der Waals surface area contributed by atoms with Crippen LogP contribution in [0.25, 0.3) is 0 Å². The molecule has 0 aliphatic rings. The highest BCUT2D eigenvalue weighted by atomic mass is 16.5. The summed E-state index contributed by atoms with van der Waals surface area (Å²) in [5, 5.41) is 0. The van der Waals surface area contributed by atoms with Crippen LogP contribution in [-0.4, -0.2) is 20.0 Å². The first-order valence-corrected chi connectivity index (χ1v) is 3.64. The first-order chi connectivity index (χ1) is 5.77. The summed E-state index contributed by atoms with van der Waals surface area (Å²) in [4.78, 5) is 3.87. The van der Waals surface area contributed by atoms with Gasteiger partial charge in [0.1, 0.15) is 11.6 Å². The summed E-state index contributed by atoms with van der Waals surface area (Å²) in [6, 6.07) is 7.46. The number of hydrogen-bond donors (Lipinski definition) is 1. The zero-order valence-electron chi connectivity index (χ0n) is 7.24. The molecule has 3 nitrogen and oxygen atoms in total. The Balaban J connectivity index is 2.92. The molecule has 0 spiro atoms. The predicted molar refractivity (Wildman–Crippen MR) is 49.6 cm³/mol. The standard InChI is InChI=1S/C9H12N2O/c1-11-9(10)7-3-5-8(12-2)6-4-7/h3-6H,1-2H3,(H2,10,11). The molecule has 0 atom stereocenters. The Morgan fingerprint density at radius 2 is 1.92 bits per heavy atom. The fourth-order valence-corrected chi connectivity index (χ4v) is 0.891. The van der Waals surface area contributed by atoms with E-state index in [0.717, 1.165) is 11.3 Å². The van der Waals surface area contributed by atoms with E-state index in [1.54, 1.807) is 14.2 Å². The van der Waals surface area contributed by atoms with Crippen LogP contribution in [0, 0.1) is 0 Å². The Labute approximate surface area is 71.9 Å². The van der Waals surface area contributed by atoms with Crippen molar-refractivity contribution in [3.05, 3.63) is 29.8 Å². The lowest BCUT2D eigenvalue weighted by atomic mass is 10.2. The number of amidine groups is 1. The molecule has 0 aliphatic heterocycles. The second-order valence-electron chi connectivity index (χ2n) is 2.34. The van der Waals surface area contributed by atoms with E-state index in [1.165, 1.54) is 0 Å². The lowest BCUT2D eigenvalue weighted by Crippen LogP contribution is -2.12.